The molecule has 1 aromatic carbocycles. The van der Waals surface area contributed by atoms with Crippen LogP contribution in [-0.4, -0.2) is 36.0 Å². The van der Waals surface area contributed by atoms with Crippen molar-refractivity contribution in [2.75, 3.05) is 20.2 Å². The Balaban J connectivity index is 1.50. The SMILES string of the molecule is COc1ccc(C)cc1CN1CCCC(C(NC(=O)C2CCC2)c2ccccn2)C1. The number of amides is 1. The largest absolute Gasteiger partial charge is 0.496 e. The fourth-order valence-electron chi connectivity index (χ4n) is 4.71. The van der Waals surface area contributed by atoms with Gasteiger partial charge in [-0.15, -0.1) is 0 Å². The minimum Gasteiger partial charge on any atom is -0.496 e. The van der Waals surface area contributed by atoms with Crippen molar-refractivity contribution in [2.45, 2.75) is 51.6 Å². The molecule has 1 aromatic heterocycles. The lowest BCUT2D eigenvalue weighted by molar-refractivity contribution is -0.128. The maximum Gasteiger partial charge on any atom is 0.223 e. The number of benzene rings is 1. The number of likely N-dealkylation sites (tertiary alicyclic amines) is 1. The monoisotopic (exact) mass is 407 g/mol. The number of hydrogen-bond donors (Lipinski definition) is 1. The minimum atomic E-state index is -0.0264. The van der Waals surface area contributed by atoms with Gasteiger partial charge in [0.2, 0.25) is 5.91 Å². The molecule has 2 aliphatic rings. The lowest BCUT2D eigenvalue weighted by atomic mass is 9.83. The van der Waals surface area contributed by atoms with Crippen LogP contribution < -0.4 is 10.1 Å². The van der Waals surface area contributed by atoms with Gasteiger partial charge in [0.25, 0.3) is 0 Å². The topological polar surface area (TPSA) is 54.5 Å². The van der Waals surface area contributed by atoms with E-state index in [9.17, 15) is 4.79 Å². The van der Waals surface area contributed by atoms with Gasteiger partial charge in [0, 0.05) is 30.8 Å². The van der Waals surface area contributed by atoms with Crippen molar-refractivity contribution in [1.82, 2.24) is 15.2 Å². The Morgan fingerprint density at radius 2 is 2.10 bits per heavy atom. The molecule has 5 heteroatoms. The van der Waals surface area contributed by atoms with E-state index in [2.05, 4.69) is 40.3 Å². The number of ether oxygens (including phenoxy) is 1. The predicted octanol–water partition coefficient (Wildman–Crippen LogP) is 4.27. The molecule has 0 bridgehead atoms. The molecule has 2 atom stereocenters. The second kappa shape index (κ2) is 9.61. The van der Waals surface area contributed by atoms with Crippen LogP contribution in [0.2, 0.25) is 0 Å². The Kier molecular flexibility index (Phi) is 6.68. The fraction of sp³-hybridized carbons (Fsp3) is 0.520. The van der Waals surface area contributed by atoms with Crippen molar-refractivity contribution in [3.8, 4) is 5.75 Å². The molecule has 1 N–H and O–H groups in total. The summed E-state index contributed by atoms with van der Waals surface area (Å²) in [6, 6.07) is 12.3. The molecule has 160 valence electrons. The summed E-state index contributed by atoms with van der Waals surface area (Å²) in [5.41, 5.74) is 3.45. The highest BCUT2D eigenvalue weighted by Gasteiger charge is 2.33. The Morgan fingerprint density at radius 1 is 1.23 bits per heavy atom. The summed E-state index contributed by atoms with van der Waals surface area (Å²) in [7, 11) is 1.74. The van der Waals surface area contributed by atoms with Gasteiger partial charge >= 0.3 is 0 Å². The first-order valence-electron chi connectivity index (χ1n) is 11.2. The Bertz CT molecular complexity index is 851. The number of rotatable bonds is 7. The van der Waals surface area contributed by atoms with Crippen LogP contribution >= 0.6 is 0 Å². The molecule has 1 aliphatic carbocycles. The third-order valence-electron chi connectivity index (χ3n) is 6.62. The number of aryl methyl sites for hydroxylation is 1. The van der Waals surface area contributed by atoms with Gasteiger partial charge in [-0.3, -0.25) is 14.7 Å². The number of pyridine rings is 1. The van der Waals surface area contributed by atoms with Crippen molar-refractivity contribution < 1.29 is 9.53 Å². The normalized spacial score (nSPS) is 20.9. The van der Waals surface area contributed by atoms with Gasteiger partial charge in [0.05, 0.1) is 18.8 Å². The number of carbonyl (C=O) groups excluding carboxylic acids is 1. The lowest BCUT2D eigenvalue weighted by Gasteiger charge is -2.38. The van der Waals surface area contributed by atoms with Crippen LogP contribution in [0, 0.1) is 18.8 Å². The highest BCUT2D eigenvalue weighted by Crippen LogP contribution is 2.33. The first-order valence-corrected chi connectivity index (χ1v) is 11.2. The molecule has 1 aliphatic heterocycles. The molecule has 2 aromatic rings. The molecule has 30 heavy (non-hydrogen) atoms. The average Bonchev–Trinajstić information content (AvgIpc) is 2.72. The van der Waals surface area contributed by atoms with Crippen molar-refractivity contribution in [3.05, 3.63) is 59.4 Å². The Labute approximate surface area is 179 Å². The lowest BCUT2D eigenvalue weighted by Crippen LogP contribution is -2.45. The van der Waals surface area contributed by atoms with E-state index in [0.717, 1.165) is 56.8 Å². The molecule has 0 radical (unpaired) electrons. The van der Waals surface area contributed by atoms with Gasteiger partial charge in [-0.25, -0.2) is 0 Å². The molecule has 1 saturated heterocycles. The molecule has 4 rings (SSSR count). The standard InChI is InChI=1S/C25H33N3O2/c1-18-11-12-23(30-2)21(15-18)17-28-14-6-9-20(16-28)24(22-10-3-4-13-26-22)27-25(29)19-7-5-8-19/h3-4,10-13,15,19-20,24H,5-9,14,16-17H2,1-2H3,(H,27,29). The van der Waals surface area contributed by atoms with E-state index in [-0.39, 0.29) is 17.9 Å². The maximum atomic E-state index is 12.8. The van der Waals surface area contributed by atoms with Gasteiger partial charge in [0.15, 0.2) is 0 Å². The highest BCUT2D eigenvalue weighted by atomic mass is 16.5. The molecule has 2 unspecified atom stereocenters. The van der Waals surface area contributed by atoms with Crippen LogP contribution in [0.3, 0.4) is 0 Å². The molecular weight excluding hydrogens is 374 g/mol. The van der Waals surface area contributed by atoms with Crippen LogP contribution in [0.25, 0.3) is 0 Å². The van der Waals surface area contributed by atoms with Crippen molar-refractivity contribution in [3.63, 3.8) is 0 Å². The van der Waals surface area contributed by atoms with Crippen LogP contribution in [0.1, 0.15) is 55.0 Å². The summed E-state index contributed by atoms with van der Waals surface area (Å²) in [6.07, 6.45) is 7.27. The number of carbonyl (C=O) groups is 1. The molecule has 2 heterocycles. The summed E-state index contributed by atoms with van der Waals surface area (Å²) < 4.78 is 5.59. The summed E-state index contributed by atoms with van der Waals surface area (Å²) in [5, 5.41) is 3.37. The Morgan fingerprint density at radius 3 is 2.80 bits per heavy atom. The molecular formula is C25H33N3O2. The van der Waals surface area contributed by atoms with E-state index < -0.39 is 0 Å². The number of methoxy groups -OCH3 is 1. The Hall–Kier alpha value is -2.40. The van der Waals surface area contributed by atoms with Gasteiger partial charge < -0.3 is 10.1 Å². The molecule has 2 fully saturated rings. The smallest absolute Gasteiger partial charge is 0.223 e. The highest BCUT2D eigenvalue weighted by molar-refractivity contribution is 5.79. The zero-order chi connectivity index (χ0) is 20.9. The zero-order valence-corrected chi connectivity index (χ0v) is 18.1. The van der Waals surface area contributed by atoms with Crippen LogP contribution in [0.4, 0.5) is 0 Å². The first-order chi connectivity index (χ1) is 14.6. The number of hydrogen-bond acceptors (Lipinski definition) is 4. The summed E-state index contributed by atoms with van der Waals surface area (Å²) >= 11 is 0. The second-order valence-electron chi connectivity index (χ2n) is 8.82. The fourth-order valence-corrected chi connectivity index (χ4v) is 4.71. The summed E-state index contributed by atoms with van der Waals surface area (Å²) in [5.74, 6) is 1.69. The number of piperidine rings is 1. The van der Waals surface area contributed by atoms with E-state index in [1.54, 1.807) is 7.11 Å². The number of aromatic nitrogens is 1. The van der Waals surface area contributed by atoms with E-state index in [4.69, 9.17) is 4.74 Å². The number of nitrogens with one attached hydrogen (secondary N) is 1. The van der Waals surface area contributed by atoms with Crippen LogP contribution in [-0.2, 0) is 11.3 Å². The van der Waals surface area contributed by atoms with Crippen molar-refractivity contribution in [2.24, 2.45) is 11.8 Å². The maximum absolute atomic E-state index is 12.8. The van der Waals surface area contributed by atoms with E-state index in [0.29, 0.717) is 5.92 Å². The van der Waals surface area contributed by atoms with Gasteiger partial charge in [-0.05, 0) is 63.3 Å². The third-order valence-corrected chi connectivity index (χ3v) is 6.62. The van der Waals surface area contributed by atoms with Crippen LogP contribution in [0.5, 0.6) is 5.75 Å². The van der Waals surface area contributed by atoms with Gasteiger partial charge in [0.1, 0.15) is 5.75 Å². The minimum absolute atomic E-state index is 0.0264. The molecule has 1 amide bonds. The zero-order valence-electron chi connectivity index (χ0n) is 18.1. The molecule has 0 spiro atoms. The van der Waals surface area contributed by atoms with Gasteiger partial charge in [-0.2, -0.15) is 0 Å². The summed E-state index contributed by atoms with van der Waals surface area (Å²) in [6.45, 7) is 5.00. The third kappa shape index (κ3) is 4.84. The van der Waals surface area contributed by atoms with E-state index in [1.807, 2.05) is 24.4 Å². The van der Waals surface area contributed by atoms with Gasteiger partial charge in [-0.1, -0.05) is 30.2 Å². The number of nitrogens with zero attached hydrogens (tertiary/aromatic N) is 2. The first kappa shape index (κ1) is 20.9. The average molecular weight is 408 g/mol. The molecule has 1 saturated carbocycles. The van der Waals surface area contributed by atoms with E-state index in [1.165, 1.54) is 17.5 Å². The van der Waals surface area contributed by atoms with Crippen LogP contribution in [0.15, 0.2) is 42.6 Å². The van der Waals surface area contributed by atoms with Crippen molar-refractivity contribution in [1.29, 1.82) is 0 Å². The van der Waals surface area contributed by atoms with Crippen molar-refractivity contribution >= 4 is 5.91 Å². The second-order valence-corrected chi connectivity index (χ2v) is 8.82. The van der Waals surface area contributed by atoms with E-state index >= 15 is 0 Å². The predicted molar refractivity (Wildman–Crippen MR) is 118 cm³/mol. The molecule has 5 nitrogen and oxygen atoms in total. The summed E-state index contributed by atoms with van der Waals surface area (Å²) in [4.78, 5) is 19.9. The quantitative estimate of drug-likeness (QED) is 0.745.